The summed E-state index contributed by atoms with van der Waals surface area (Å²) in [6, 6.07) is 0. The minimum Gasteiger partial charge on any atom is -0.495 e. The van der Waals surface area contributed by atoms with Gasteiger partial charge in [0.2, 0.25) is 0 Å². The Labute approximate surface area is 104 Å². The summed E-state index contributed by atoms with van der Waals surface area (Å²) >= 11 is 0. The molecule has 0 N–H and O–H groups in total. The van der Waals surface area contributed by atoms with Crippen LogP contribution in [0.4, 0.5) is 0 Å². The second-order valence-corrected chi connectivity index (χ2v) is 4.90. The third kappa shape index (κ3) is 7.55. The first-order chi connectivity index (χ1) is 8.11. The summed E-state index contributed by atoms with van der Waals surface area (Å²) in [4.78, 5) is 0. The Hall–Kier alpha value is -0.350. The van der Waals surface area contributed by atoms with Crippen molar-refractivity contribution >= 4 is 7.60 Å². The number of ether oxygens (including phenoxy) is 2. The lowest BCUT2D eigenvalue weighted by molar-refractivity contribution is 0.109. The van der Waals surface area contributed by atoms with Crippen molar-refractivity contribution < 1.29 is 23.1 Å². The van der Waals surface area contributed by atoms with E-state index in [9.17, 15) is 4.57 Å². The van der Waals surface area contributed by atoms with Crippen LogP contribution in [-0.4, -0.2) is 33.0 Å². The average Bonchev–Trinajstić information content (AvgIpc) is 2.26. The molecule has 6 heteroatoms. The van der Waals surface area contributed by atoms with E-state index in [0.717, 1.165) is 0 Å². The molecule has 0 saturated carbocycles. The van der Waals surface area contributed by atoms with E-state index >= 15 is 0 Å². The van der Waals surface area contributed by atoms with Crippen LogP contribution in [0.15, 0.2) is 11.6 Å². The van der Waals surface area contributed by atoms with E-state index in [4.69, 9.17) is 18.5 Å². The van der Waals surface area contributed by atoms with Crippen molar-refractivity contribution in [3.8, 4) is 0 Å². The molecule has 102 valence electrons. The summed E-state index contributed by atoms with van der Waals surface area (Å²) in [6.45, 7) is 9.23. The van der Waals surface area contributed by atoms with E-state index in [1.807, 2.05) is 13.8 Å². The lowest BCUT2D eigenvalue weighted by atomic mass is 10.6. The molecule has 0 bridgehead atoms. The van der Waals surface area contributed by atoms with Gasteiger partial charge in [0.15, 0.2) is 0 Å². The minimum absolute atomic E-state index is 0.272. The quantitative estimate of drug-likeness (QED) is 0.449. The third-order valence-corrected chi connectivity index (χ3v) is 3.54. The summed E-state index contributed by atoms with van der Waals surface area (Å²) in [5, 5.41) is 0. The maximum absolute atomic E-state index is 12.2. The molecule has 0 fully saturated rings. The van der Waals surface area contributed by atoms with Crippen LogP contribution in [0, 0.1) is 0 Å². The Morgan fingerprint density at radius 1 is 1.00 bits per heavy atom. The van der Waals surface area contributed by atoms with Gasteiger partial charge in [-0.15, -0.1) is 0 Å². The zero-order valence-corrected chi connectivity index (χ0v) is 12.0. The summed E-state index contributed by atoms with van der Waals surface area (Å²) in [6.07, 6.45) is 0. The fourth-order valence-electron chi connectivity index (χ4n) is 1.15. The van der Waals surface area contributed by atoms with Crippen LogP contribution in [0.5, 0.6) is 0 Å². The predicted octanol–water partition coefficient (Wildman–Crippen LogP) is 3.17. The smallest absolute Gasteiger partial charge is 0.357 e. The molecule has 0 aromatic carbocycles. The highest BCUT2D eigenvalue weighted by atomic mass is 31.2. The zero-order chi connectivity index (χ0) is 13.1. The highest BCUT2D eigenvalue weighted by Gasteiger charge is 2.22. The minimum atomic E-state index is -3.21. The van der Waals surface area contributed by atoms with Crippen LogP contribution < -0.4 is 0 Å². The molecule has 0 aliphatic rings. The van der Waals surface area contributed by atoms with Crippen molar-refractivity contribution in [2.75, 3.05) is 33.0 Å². The van der Waals surface area contributed by atoms with Crippen LogP contribution in [0.1, 0.15) is 27.7 Å². The summed E-state index contributed by atoms with van der Waals surface area (Å²) in [5.74, 6) is 1.89. The lowest BCUT2D eigenvalue weighted by Gasteiger charge is -2.15. The fraction of sp³-hybridized carbons (Fsp3) is 0.818. The molecule has 0 amide bonds. The van der Waals surface area contributed by atoms with Crippen molar-refractivity contribution in [1.29, 1.82) is 0 Å². The Kier molecular flexibility index (Phi) is 9.46. The second-order valence-electron chi connectivity index (χ2n) is 3.04. The maximum Gasteiger partial charge on any atom is 0.357 e. The molecule has 0 aliphatic carbocycles. The van der Waals surface area contributed by atoms with E-state index < -0.39 is 7.60 Å². The highest BCUT2D eigenvalue weighted by Crippen LogP contribution is 2.50. The van der Waals surface area contributed by atoms with Crippen molar-refractivity contribution in [3.05, 3.63) is 11.6 Å². The highest BCUT2D eigenvalue weighted by molar-refractivity contribution is 7.57. The van der Waals surface area contributed by atoms with Crippen molar-refractivity contribution in [2.45, 2.75) is 27.7 Å². The lowest BCUT2D eigenvalue weighted by Crippen LogP contribution is -2.04. The topological polar surface area (TPSA) is 54.0 Å². The predicted molar refractivity (Wildman–Crippen MR) is 67.1 cm³/mol. The van der Waals surface area contributed by atoms with Crippen LogP contribution >= 0.6 is 7.60 Å². The van der Waals surface area contributed by atoms with E-state index in [0.29, 0.717) is 32.2 Å². The van der Waals surface area contributed by atoms with E-state index in [1.54, 1.807) is 13.8 Å². The standard InChI is InChI=1S/C11H23O5P/c1-5-13-9-11(14-6-2)10-17(12,15-7-3)16-8-4/h10H,5-9H2,1-4H3/b11-10+. The molecule has 0 atom stereocenters. The normalized spacial score (nSPS) is 12.8. The number of rotatable bonds is 10. The van der Waals surface area contributed by atoms with Gasteiger partial charge in [0.05, 0.1) is 25.6 Å². The molecule has 0 radical (unpaired) electrons. The van der Waals surface area contributed by atoms with Crippen LogP contribution in [0.25, 0.3) is 0 Å². The van der Waals surface area contributed by atoms with E-state index in [2.05, 4.69) is 0 Å². The van der Waals surface area contributed by atoms with Crippen molar-refractivity contribution in [2.24, 2.45) is 0 Å². The Bertz CT molecular complexity index is 255. The van der Waals surface area contributed by atoms with E-state index in [1.165, 1.54) is 5.82 Å². The van der Waals surface area contributed by atoms with Gasteiger partial charge in [0, 0.05) is 6.61 Å². The second kappa shape index (κ2) is 9.66. The molecule has 0 aliphatic heterocycles. The molecule has 0 aromatic heterocycles. The fourth-order valence-corrected chi connectivity index (χ4v) is 2.60. The Balaban J connectivity index is 4.73. The Morgan fingerprint density at radius 2 is 1.59 bits per heavy atom. The van der Waals surface area contributed by atoms with Gasteiger partial charge in [-0.25, -0.2) is 0 Å². The summed E-state index contributed by atoms with van der Waals surface area (Å²) in [7, 11) is -3.21. The first-order valence-corrected chi connectivity index (χ1v) is 7.54. The monoisotopic (exact) mass is 266 g/mol. The largest absolute Gasteiger partial charge is 0.495 e. The van der Waals surface area contributed by atoms with Crippen LogP contribution in [0.2, 0.25) is 0 Å². The van der Waals surface area contributed by atoms with Gasteiger partial charge < -0.3 is 18.5 Å². The average molecular weight is 266 g/mol. The van der Waals surface area contributed by atoms with Crippen molar-refractivity contribution in [1.82, 2.24) is 0 Å². The van der Waals surface area contributed by atoms with E-state index in [-0.39, 0.29) is 6.61 Å². The van der Waals surface area contributed by atoms with Gasteiger partial charge >= 0.3 is 7.60 Å². The molecule has 0 unspecified atom stereocenters. The summed E-state index contributed by atoms with van der Waals surface area (Å²) < 4.78 is 33.1. The first-order valence-electron chi connectivity index (χ1n) is 5.92. The van der Waals surface area contributed by atoms with Gasteiger partial charge in [-0.1, -0.05) is 0 Å². The molecular formula is C11H23O5P. The van der Waals surface area contributed by atoms with Gasteiger partial charge in [0.1, 0.15) is 12.4 Å². The van der Waals surface area contributed by atoms with Gasteiger partial charge in [0.25, 0.3) is 0 Å². The SMILES string of the molecule is CCOC/C(=C\P(=O)(OCC)OCC)OCC. The number of hydrogen-bond donors (Lipinski definition) is 0. The molecule has 0 saturated heterocycles. The molecule has 17 heavy (non-hydrogen) atoms. The van der Waals surface area contributed by atoms with Gasteiger partial charge in [-0.2, -0.15) is 0 Å². The van der Waals surface area contributed by atoms with Gasteiger partial charge in [-0.05, 0) is 27.7 Å². The molecule has 0 rings (SSSR count). The molecular weight excluding hydrogens is 243 g/mol. The molecule has 0 spiro atoms. The number of hydrogen-bond acceptors (Lipinski definition) is 5. The summed E-state index contributed by atoms with van der Waals surface area (Å²) in [5.41, 5.74) is 0. The molecule has 0 heterocycles. The Morgan fingerprint density at radius 3 is 2.00 bits per heavy atom. The molecule has 5 nitrogen and oxygen atoms in total. The molecule has 0 aromatic rings. The van der Waals surface area contributed by atoms with Gasteiger partial charge in [-0.3, -0.25) is 4.57 Å². The third-order valence-electron chi connectivity index (χ3n) is 1.70. The van der Waals surface area contributed by atoms with Crippen LogP contribution in [0.3, 0.4) is 0 Å². The van der Waals surface area contributed by atoms with Crippen molar-refractivity contribution in [3.63, 3.8) is 0 Å². The van der Waals surface area contributed by atoms with Crippen LogP contribution in [-0.2, 0) is 23.1 Å². The maximum atomic E-state index is 12.2. The zero-order valence-electron chi connectivity index (χ0n) is 11.1. The first kappa shape index (κ1) is 16.6.